The van der Waals surface area contributed by atoms with Gasteiger partial charge in [-0.15, -0.1) is 0 Å². The summed E-state index contributed by atoms with van der Waals surface area (Å²) in [5.74, 6) is 0.313. The van der Waals surface area contributed by atoms with Gasteiger partial charge in [0, 0.05) is 11.6 Å². The van der Waals surface area contributed by atoms with Gasteiger partial charge in [0.05, 0.1) is 22.9 Å². The number of hydrogen-bond donors (Lipinski definition) is 2. The third kappa shape index (κ3) is 2.81. The summed E-state index contributed by atoms with van der Waals surface area (Å²) in [6, 6.07) is 4.91. The van der Waals surface area contributed by atoms with Gasteiger partial charge in [0.25, 0.3) is 0 Å². The Bertz CT molecular complexity index is 581. The molecule has 1 fully saturated rings. The minimum Gasteiger partial charge on any atom is -0.397 e. The van der Waals surface area contributed by atoms with Crippen molar-refractivity contribution < 1.29 is 13.2 Å². The second-order valence-corrected chi connectivity index (χ2v) is 6.83. The first-order valence-electron chi connectivity index (χ1n) is 5.75. The highest BCUT2D eigenvalue weighted by molar-refractivity contribution is 7.91. The number of carbonyl (C=O) groups is 1. The molecule has 0 saturated carbocycles. The predicted octanol–water partition coefficient (Wildman–Crippen LogP) is 1.07. The van der Waals surface area contributed by atoms with Crippen LogP contribution in [0.1, 0.15) is 23.7 Å². The predicted molar refractivity (Wildman–Crippen MR) is 71.5 cm³/mol. The fourth-order valence-electron chi connectivity index (χ4n) is 2.04. The highest BCUT2D eigenvalue weighted by atomic mass is 32.2. The van der Waals surface area contributed by atoms with Gasteiger partial charge in [-0.2, -0.15) is 0 Å². The quantitative estimate of drug-likeness (QED) is 0.632. The standard InChI is InChI=1S/C12H16N2O3S/c1-8(15)9-2-3-12(11(13)6-9)14-10-4-5-18(16,17)7-10/h2-3,6,10,14H,4-5,7,13H2,1H3. The Labute approximate surface area is 106 Å². The lowest BCUT2D eigenvalue weighted by atomic mass is 10.1. The summed E-state index contributed by atoms with van der Waals surface area (Å²) in [4.78, 5) is 11.2. The number of carbonyl (C=O) groups excluding carboxylic acids is 1. The van der Waals surface area contributed by atoms with E-state index in [1.165, 1.54) is 6.92 Å². The third-order valence-electron chi connectivity index (χ3n) is 3.05. The number of benzene rings is 1. The monoisotopic (exact) mass is 268 g/mol. The Morgan fingerprint density at radius 2 is 2.17 bits per heavy atom. The van der Waals surface area contributed by atoms with Crippen molar-refractivity contribution in [3.8, 4) is 0 Å². The molecule has 0 spiro atoms. The van der Waals surface area contributed by atoms with E-state index in [-0.39, 0.29) is 23.3 Å². The van der Waals surface area contributed by atoms with Crippen LogP contribution in [0, 0.1) is 0 Å². The average Bonchev–Trinajstić information content (AvgIpc) is 2.61. The topological polar surface area (TPSA) is 89.3 Å². The van der Waals surface area contributed by atoms with Crippen molar-refractivity contribution in [2.45, 2.75) is 19.4 Å². The van der Waals surface area contributed by atoms with Gasteiger partial charge < -0.3 is 11.1 Å². The van der Waals surface area contributed by atoms with Crippen molar-refractivity contribution in [1.82, 2.24) is 0 Å². The summed E-state index contributed by atoms with van der Waals surface area (Å²) in [6.45, 7) is 1.48. The molecule has 18 heavy (non-hydrogen) atoms. The van der Waals surface area contributed by atoms with Crippen LogP contribution in [0.3, 0.4) is 0 Å². The van der Waals surface area contributed by atoms with Crippen molar-refractivity contribution in [3.63, 3.8) is 0 Å². The Morgan fingerprint density at radius 3 is 2.67 bits per heavy atom. The molecule has 0 bridgehead atoms. The SMILES string of the molecule is CC(=O)c1ccc(NC2CCS(=O)(=O)C2)c(N)c1. The Morgan fingerprint density at radius 1 is 1.44 bits per heavy atom. The summed E-state index contributed by atoms with van der Waals surface area (Å²) in [7, 11) is -2.91. The van der Waals surface area contributed by atoms with Crippen LogP contribution < -0.4 is 11.1 Å². The van der Waals surface area contributed by atoms with Gasteiger partial charge >= 0.3 is 0 Å². The summed E-state index contributed by atoms with van der Waals surface area (Å²) < 4.78 is 22.7. The van der Waals surface area contributed by atoms with Crippen molar-refractivity contribution in [1.29, 1.82) is 0 Å². The molecule has 1 heterocycles. The molecule has 1 saturated heterocycles. The normalized spacial score (nSPS) is 21.7. The van der Waals surface area contributed by atoms with E-state index >= 15 is 0 Å². The number of sulfone groups is 1. The van der Waals surface area contributed by atoms with Crippen LogP contribution in [-0.4, -0.2) is 31.7 Å². The average molecular weight is 268 g/mol. The Hall–Kier alpha value is -1.56. The van der Waals surface area contributed by atoms with Crippen LogP contribution in [0.25, 0.3) is 0 Å². The molecule has 2 rings (SSSR count). The van der Waals surface area contributed by atoms with Crippen LogP contribution in [0.4, 0.5) is 11.4 Å². The summed E-state index contributed by atoms with van der Waals surface area (Å²) in [5.41, 5.74) is 7.54. The molecule has 1 aromatic carbocycles. The number of nitrogens with two attached hydrogens (primary N) is 1. The fraction of sp³-hybridized carbons (Fsp3) is 0.417. The highest BCUT2D eigenvalue weighted by Crippen LogP contribution is 2.24. The maximum Gasteiger partial charge on any atom is 0.159 e. The third-order valence-corrected chi connectivity index (χ3v) is 4.82. The van der Waals surface area contributed by atoms with Crippen LogP contribution in [0.15, 0.2) is 18.2 Å². The molecule has 0 amide bonds. The zero-order chi connectivity index (χ0) is 13.3. The van der Waals surface area contributed by atoms with E-state index < -0.39 is 9.84 Å². The first-order valence-corrected chi connectivity index (χ1v) is 7.57. The molecule has 1 aromatic rings. The second-order valence-electron chi connectivity index (χ2n) is 4.60. The van der Waals surface area contributed by atoms with E-state index in [1.807, 2.05) is 0 Å². The molecule has 3 N–H and O–H groups in total. The zero-order valence-corrected chi connectivity index (χ0v) is 11.0. The smallest absolute Gasteiger partial charge is 0.159 e. The van der Waals surface area contributed by atoms with Crippen molar-refractivity contribution in [2.75, 3.05) is 22.6 Å². The molecular weight excluding hydrogens is 252 g/mol. The molecule has 0 radical (unpaired) electrons. The van der Waals surface area contributed by atoms with Crippen LogP contribution in [-0.2, 0) is 9.84 Å². The molecule has 0 aliphatic carbocycles. The van der Waals surface area contributed by atoms with E-state index in [9.17, 15) is 13.2 Å². The van der Waals surface area contributed by atoms with Crippen molar-refractivity contribution in [3.05, 3.63) is 23.8 Å². The summed E-state index contributed by atoms with van der Waals surface area (Å²) in [6.07, 6.45) is 0.593. The number of hydrogen-bond acceptors (Lipinski definition) is 5. The molecule has 0 aromatic heterocycles. The minimum absolute atomic E-state index is 0.0447. The lowest BCUT2D eigenvalue weighted by Gasteiger charge is -2.14. The molecule has 6 heteroatoms. The van der Waals surface area contributed by atoms with Crippen LogP contribution >= 0.6 is 0 Å². The molecule has 1 unspecified atom stereocenters. The van der Waals surface area contributed by atoms with E-state index in [2.05, 4.69) is 5.32 Å². The first-order chi connectivity index (χ1) is 8.37. The number of nitrogen functional groups attached to an aromatic ring is 1. The van der Waals surface area contributed by atoms with Gasteiger partial charge in [-0.25, -0.2) is 8.42 Å². The summed E-state index contributed by atoms with van der Waals surface area (Å²) >= 11 is 0. The number of Topliss-reactive ketones (excluding diaryl/α,β-unsaturated/α-hetero) is 1. The van der Waals surface area contributed by atoms with E-state index in [1.54, 1.807) is 18.2 Å². The molecule has 1 aliphatic heterocycles. The number of ketones is 1. The van der Waals surface area contributed by atoms with Gasteiger partial charge in [-0.3, -0.25) is 4.79 Å². The van der Waals surface area contributed by atoms with Gasteiger partial charge in [-0.1, -0.05) is 0 Å². The van der Waals surface area contributed by atoms with Crippen molar-refractivity contribution in [2.24, 2.45) is 0 Å². The summed E-state index contributed by atoms with van der Waals surface area (Å²) in [5, 5.41) is 3.12. The largest absolute Gasteiger partial charge is 0.397 e. The molecule has 5 nitrogen and oxygen atoms in total. The lowest BCUT2D eigenvalue weighted by molar-refractivity contribution is 0.101. The second kappa shape index (κ2) is 4.61. The van der Waals surface area contributed by atoms with Gasteiger partial charge in [0.15, 0.2) is 15.6 Å². The van der Waals surface area contributed by atoms with Gasteiger partial charge in [0.2, 0.25) is 0 Å². The van der Waals surface area contributed by atoms with Gasteiger partial charge in [-0.05, 0) is 31.5 Å². The number of anilines is 2. The minimum atomic E-state index is -2.91. The van der Waals surface area contributed by atoms with E-state index in [0.29, 0.717) is 23.4 Å². The molecule has 1 aliphatic rings. The Balaban J connectivity index is 2.13. The zero-order valence-electron chi connectivity index (χ0n) is 10.1. The maximum absolute atomic E-state index is 11.3. The lowest BCUT2D eigenvalue weighted by Crippen LogP contribution is -2.21. The Kier molecular flexibility index (Phi) is 3.30. The fourth-order valence-corrected chi connectivity index (χ4v) is 3.72. The molecule has 98 valence electrons. The van der Waals surface area contributed by atoms with E-state index in [4.69, 9.17) is 5.73 Å². The molecule has 1 atom stereocenters. The number of nitrogens with one attached hydrogen (secondary N) is 1. The molecular formula is C12H16N2O3S. The first kappa shape index (κ1) is 12.9. The van der Waals surface area contributed by atoms with Crippen molar-refractivity contribution >= 4 is 27.0 Å². The van der Waals surface area contributed by atoms with Crippen LogP contribution in [0.2, 0.25) is 0 Å². The number of rotatable bonds is 3. The highest BCUT2D eigenvalue weighted by Gasteiger charge is 2.27. The maximum atomic E-state index is 11.3. The van der Waals surface area contributed by atoms with E-state index in [0.717, 1.165) is 0 Å². The van der Waals surface area contributed by atoms with Crippen LogP contribution in [0.5, 0.6) is 0 Å². The van der Waals surface area contributed by atoms with Gasteiger partial charge in [0.1, 0.15) is 0 Å².